The molecule has 0 aromatic carbocycles. The van der Waals surface area contributed by atoms with Crippen molar-refractivity contribution in [2.24, 2.45) is 5.92 Å². The third kappa shape index (κ3) is 1.78. The number of rotatable bonds is 2. The van der Waals surface area contributed by atoms with Gasteiger partial charge in [0.05, 0.1) is 18.5 Å². The van der Waals surface area contributed by atoms with Crippen LogP contribution in [-0.4, -0.2) is 25.6 Å². The molecule has 0 radical (unpaired) electrons. The fourth-order valence-corrected chi connectivity index (χ4v) is 2.46. The van der Waals surface area contributed by atoms with E-state index in [1.54, 1.807) is 0 Å². The first-order valence-electron chi connectivity index (χ1n) is 4.75. The summed E-state index contributed by atoms with van der Waals surface area (Å²) in [5.74, 6) is 0.620. The molecule has 4 heteroatoms. The van der Waals surface area contributed by atoms with Gasteiger partial charge in [0.15, 0.2) is 0 Å². The highest BCUT2D eigenvalue weighted by Gasteiger charge is 2.38. The Morgan fingerprint density at radius 2 is 1.75 bits per heavy atom. The molecule has 0 amide bonds. The second-order valence-electron chi connectivity index (χ2n) is 3.60. The van der Waals surface area contributed by atoms with Crippen LogP contribution in [0.5, 0.6) is 0 Å². The Hall–Kier alpha value is 0.275. The first-order valence-corrected chi connectivity index (χ1v) is 5.19. The lowest BCUT2D eigenvalue weighted by molar-refractivity contribution is 0.353. The van der Waals surface area contributed by atoms with E-state index < -0.39 is 0 Å². The largest absolute Gasteiger partial charge is 0.476 e. The van der Waals surface area contributed by atoms with E-state index in [9.17, 15) is 0 Å². The Kier molecular flexibility index (Phi) is 2.94. The highest BCUT2D eigenvalue weighted by molar-refractivity contribution is 6.59. The smallest absolute Gasteiger partial charge is 0.408 e. The Bertz CT molecular complexity index is 128. The van der Waals surface area contributed by atoms with Crippen molar-refractivity contribution in [1.29, 1.82) is 0 Å². The van der Waals surface area contributed by atoms with Gasteiger partial charge in [0, 0.05) is 0 Å². The topological polar surface area (TPSA) is 18.5 Å². The Morgan fingerprint density at radius 1 is 1.17 bits per heavy atom. The second-order valence-corrected chi connectivity index (χ2v) is 4.10. The van der Waals surface area contributed by atoms with E-state index in [4.69, 9.17) is 20.9 Å². The molecule has 0 aromatic heterocycles. The summed E-state index contributed by atoms with van der Waals surface area (Å²) in [6.07, 6.45) is 5.13. The summed E-state index contributed by atoms with van der Waals surface area (Å²) in [6, 6.07) is 0. The SMILES string of the molecule is Cl[C@@H](B1OCCO1)C1CCCC1. The molecular weight excluding hydrogens is 174 g/mol. The highest BCUT2D eigenvalue weighted by Crippen LogP contribution is 2.32. The molecule has 2 rings (SSSR count). The quantitative estimate of drug-likeness (QED) is 0.486. The molecule has 2 fully saturated rings. The van der Waals surface area contributed by atoms with Crippen molar-refractivity contribution in [1.82, 2.24) is 0 Å². The van der Waals surface area contributed by atoms with Gasteiger partial charge >= 0.3 is 7.12 Å². The average Bonchev–Trinajstić information content (AvgIpc) is 2.77. The Morgan fingerprint density at radius 3 is 2.33 bits per heavy atom. The molecule has 2 aliphatic rings. The van der Waals surface area contributed by atoms with Crippen molar-refractivity contribution in [3.63, 3.8) is 0 Å². The highest BCUT2D eigenvalue weighted by atomic mass is 35.5. The van der Waals surface area contributed by atoms with Gasteiger partial charge in [0.1, 0.15) is 0 Å². The zero-order valence-corrected chi connectivity index (χ0v) is 7.93. The van der Waals surface area contributed by atoms with Crippen LogP contribution in [-0.2, 0) is 9.31 Å². The van der Waals surface area contributed by atoms with Gasteiger partial charge in [-0.2, -0.15) is 0 Å². The summed E-state index contributed by atoms with van der Waals surface area (Å²) in [6.45, 7) is 1.42. The standard InChI is InChI=1S/C8H14BClO2/c10-8(7-3-1-2-4-7)9-11-5-6-12-9/h7-8H,1-6H2/t8-/m1/s1. The Balaban J connectivity index is 1.84. The van der Waals surface area contributed by atoms with Crippen LogP contribution in [0.4, 0.5) is 0 Å². The monoisotopic (exact) mass is 188 g/mol. The lowest BCUT2D eigenvalue weighted by Crippen LogP contribution is -2.33. The molecule has 1 atom stereocenters. The maximum atomic E-state index is 6.24. The molecule has 2 nitrogen and oxygen atoms in total. The molecule has 1 aliphatic heterocycles. The number of hydrogen-bond acceptors (Lipinski definition) is 2. The lowest BCUT2D eigenvalue weighted by atomic mass is 9.76. The zero-order valence-electron chi connectivity index (χ0n) is 7.17. The molecule has 0 bridgehead atoms. The van der Waals surface area contributed by atoms with Gasteiger partial charge in [0.25, 0.3) is 0 Å². The van der Waals surface area contributed by atoms with Gasteiger partial charge in [-0.3, -0.25) is 0 Å². The molecule has 12 heavy (non-hydrogen) atoms. The normalized spacial score (nSPS) is 28.2. The summed E-state index contributed by atoms with van der Waals surface area (Å²) in [5.41, 5.74) is 0. The molecule has 1 saturated carbocycles. The fraction of sp³-hybridized carbons (Fsp3) is 1.00. The summed E-state index contributed by atoms with van der Waals surface area (Å²) in [5, 5.41) is 0.0787. The van der Waals surface area contributed by atoms with Crippen molar-refractivity contribution < 1.29 is 9.31 Å². The van der Waals surface area contributed by atoms with E-state index in [0.717, 1.165) is 0 Å². The van der Waals surface area contributed by atoms with Gasteiger partial charge in [-0.25, -0.2) is 0 Å². The van der Waals surface area contributed by atoms with E-state index in [1.165, 1.54) is 25.7 Å². The molecule has 1 heterocycles. The van der Waals surface area contributed by atoms with E-state index >= 15 is 0 Å². The molecule has 1 aliphatic carbocycles. The van der Waals surface area contributed by atoms with Crippen molar-refractivity contribution in [3.8, 4) is 0 Å². The van der Waals surface area contributed by atoms with Gasteiger partial charge in [0.2, 0.25) is 0 Å². The molecule has 0 N–H and O–H groups in total. The fourth-order valence-electron chi connectivity index (χ4n) is 2.06. The maximum Gasteiger partial charge on any atom is 0.476 e. The van der Waals surface area contributed by atoms with Crippen molar-refractivity contribution >= 4 is 18.7 Å². The first kappa shape index (κ1) is 8.85. The number of alkyl halides is 1. The third-order valence-electron chi connectivity index (χ3n) is 2.76. The lowest BCUT2D eigenvalue weighted by Gasteiger charge is -2.17. The van der Waals surface area contributed by atoms with E-state index in [0.29, 0.717) is 19.1 Å². The number of hydrogen-bond donors (Lipinski definition) is 0. The van der Waals surface area contributed by atoms with Crippen LogP contribution in [0.2, 0.25) is 0 Å². The molecule has 0 spiro atoms. The molecule has 0 aromatic rings. The van der Waals surface area contributed by atoms with Crippen LogP contribution in [0.1, 0.15) is 25.7 Å². The molecule has 68 valence electrons. The van der Waals surface area contributed by atoms with Crippen LogP contribution >= 0.6 is 11.6 Å². The van der Waals surface area contributed by atoms with Crippen LogP contribution in [0.15, 0.2) is 0 Å². The van der Waals surface area contributed by atoms with Gasteiger partial charge < -0.3 is 9.31 Å². The third-order valence-corrected chi connectivity index (χ3v) is 3.32. The van der Waals surface area contributed by atoms with Gasteiger partial charge in [-0.1, -0.05) is 12.8 Å². The van der Waals surface area contributed by atoms with E-state index in [-0.39, 0.29) is 12.4 Å². The summed E-state index contributed by atoms with van der Waals surface area (Å²) in [7, 11) is -0.130. The molecule has 0 unspecified atom stereocenters. The van der Waals surface area contributed by atoms with Crippen LogP contribution in [0, 0.1) is 5.92 Å². The minimum atomic E-state index is -0.130. The second kappa shape index (κ2) is 3.99. The van der Waals surface area contributed by atoms with E-state index in [2.05, 4.69) is 0 Å². The predicted molar refractivity (Wildman–Crippen MR) is 49.3 cm³/mol. The maximum absolute atomic E-state index is 6.24. The number of halogens is 1. The van der Waals surface area contributed by atoms with Crippen LogP contribution in [0.3, 0.4) is 0 Å². The van der Waals surface area contributed by atoms with Gasteiger partial charge in [-0.05, 0) is 18.8 Å². The van der Waals surface area contributed by atoms with Gasteiger partial charge in [-0.15, -0.1) is 11.6 Å². The summed E-state index contributed by atoms with van der Waals surface area (Å²) >= 11 is 6.24. The average molecular weight is 188 g/mol. The van der Waals surface area contributed by atoms with Crippen molar-refractivity contribution in [3.05, 3.63) is 0 Å². The minimum absolute atomic E-state index is 0.0787. The molecule has 1 saturated heterocycles. The minimum Gasteiger partial charge on any atom is -0.408 e. The van der Waals surface area contributed by atoms with Crippen molar-refractivity contribution in [2.45, 2.75) is 31.0 Å². The van der Waals surface area contributed by atoms with Crippen molar-refractivity contribution in [2.75, 3.05) is 13.2 Å². The zero-order chi connectivity index (χ0) is 8.39. The predicted octanol–water partition coefficient (Wildman–Crippen LogP) is 1.86. The summed E-state index contributed by atoms with van der Waals surface area (Å²) < 4.78 is 10.7. The molecular formula is C8H14BClO2. The Labute approximate surface area is 78.7 Å². The van der Waals surface area contributed by atoms with E-state index in [1.807, 2.05) is 0 Å². The first-order chi connectivity index (χ1) is 5.88. The van der Waals surface area contributed by atoms with Crippen LogP contribution in [0.25, 0.3) is 0 Å². The van der Waals surface area contributed by atoms with Crippen LogP contribution < -0.4 is 0 Å². The summed E-state index contributed by atoms with van der Waals surface area (Å²) in [4.78, 5) is 0.